The smallest absolute Gasteiger partial charge is 0.274 e. The number of nitrogens with one attached hydrogen (secondary N) is 1. The third-order valence-electron chi connectivity index (χ3n) is 5.81. The number of nitrogens with zero attached hydrogens (tertiary/aromatic N) is 2. The van der Waals surface area contributed by atoms with Gasteiger partial charge in [-0.15, -0.1) is 0 Å². The van der Waals surface area contributed by atoms with E-state index in [1.807, 2.05) is 49.4 Å². The topological polar surface area (TPSA) is 73.2 Å². The largest absolute Gasteiger partial charge is 0.497 e. The fraction of sp³-hybridized carbons (Fsp3) is 0.348. The highest BCUT2D eigenvalue weighted by molar-refractivity contribution is 5.91. The molecule has 150 valence electrons. The predicted molar refractivity (Wildman–Crippen MR) is 112 cm³/mol. The number of amides is 1. The molecular formula is C23H25N3O3. The van der Waals surface area contributed by atoms with Crippen LogP contribution in [0.3, 0.4) is 0 Å². The Hall–Kier alpha value is -3.15. The zero-order valence-electron chi connectivity index (χ0n) is 16.7. The van der Waals surface area contributed by atoms with Gasteiger partial charge < -0.3 is 10.1 Å². The number of carbonyl (C=O) groups excluding carboxylic acids is 1. The van der Waals surface area contributed by atoms with Gasteiger partial charge in [0.05, 0.1) is 30.7 Å². The fourth-order valence-electron chi connectivity index (χ4n) is 3.75. The van der Waals surface area contributed by atoms with Gasteiger partial charge >= 0.3 is 0 Å². The van der Waals surface area contributed by atoms with Crippen LogP contribution in [-0.2, 0) is 16.8 Å². The molecule has 1 aliphatic carbocycles. The molecular weight excluding hydrogens is 366 g/mol. The van der Waals surface area contributed by atoms with Crippen molar-refractivity contribution in [2.75, 3.05) is 7.11 Å². The summed E-state index contributed by atoms with van der Waals surface area (Å²) in [4.78, 5) is 25.8. The van der Waals surface area contributed by atoms with Crippen LogP contribution in [0.2, 0.25) is 0 Å². The molecule has 1 N–H and O–H groups in total. The first-order chi connectivity index (χ1) is 14.1. The number of carbonyl (C=O) groups is 1. The average Bonchev–Trinajstić information content (AvgIpc) is 3.57. The Bertz CT molecular complexity index is 1080. The summed E-state index contributed by atoms with van der Waals surface area (Å²) >= 11 is 0. The second-order valence-electron chi connectivity index (χ2n) is 7.61. The van der Waals surface area contributed by atoms with Crippen LogP contribution in [0.1, 0.15) is 31.7 Å². The van der Waals surface area contributed by atoms with E-state index in [0.717, 1.165) is 29.5 Å². The molecule has 0 radical (unpaired) electrons. The molecule has 1 fully saturated rings. The van der Waals surface area contributed by atoms with E-state index in [1.165, 1.54) is 4.68 Å². The molecule has 1 aromatic heterocycles. The summed E-state index contributed by atoms with van der Waals surface area (Å²) in [5.41, 5.74) is 0.403. The third-order valence-corrected chi connectivity index (χ3v) is 5.81. The molecule has 29 heavy (non-hydrogen) atoms. The summed E-state index contributed by atoms with van der Waals surface area (Å²) in [6, 6.07) is 14.9. The zero-order valence-corrected chi connectivity index (χ0v) is 16.7. The molecule has 0 saturated heterocycles. The SMILES string of the molecule is CC[C@H](Cn1ncc2ccccc2c1=O)NC(=O)C1(c2ccc(OC)cc2)CC1. The minimum absolute atomic E-state index is 0.0170. The van der Waals surface area contributed by atoms with Crippen LogP contribution < -0.4 is 15.6 Å². The van der Waals surface area contributed by atoms with Crippen molar-refractivity contribution in [1.29, 1.82) is 0 Å². The van der Waals surface area contributed by atoms with Crippen LogP contribution in [0.15, 0.2) is 59.5 Å². The molecule has 1 heterocycles. The van der Waals surface area contributed by atoms with Gasteiger partial charge in [-0.2, -0.15) is 5.10 Å². The van der Waals surface area contributed by atoms with Crippen molar-refractivity contribution in [3.05, 3.63) is 70.6 Å². The number of hydrogen-bond donors (Lipinski definition) is 1. The number of rotatable bonds is 7. The number of methoxy groups -OCH3 is 1. The molecule has 3 aromatic rings. The molecule has 0 unspecified atom stereocenters. The predicted octanol–water partition coefficient (Wildman–Crippen LogP) is 3.03. The van der Waals surface area contributed by atoms with E-state index in [2.05, 4.69) is 10.4 Å². The van der Waals surface area contributed by atoms with Gasteiger partial charge in [-0.1, -0.05) is 37.3 Å². The lowest BCUT2D eigenvalue weighted by atomic mass is 9.94. The second-order valence-corrected chi connectivity index (χ2v) is 7.61. The zero-order chi connectivity index (χ0) is 20.4. The maximum atomic E-state index is 13.1. The molecule has 0 spiro atoms. The Morgan fingerprint density at radius 2 is 1.93 bits per heavy atom. The van der Waals surface area contributed by atoms with Gasteiger partial charge in [-0.3, -0.25) is 9.59 Å². The number of ether oxygens (including phenoxy) is 1. The molecule has 2 aromatic carbocycles. The molecule has 1 atom stereocenters. The van der Waals surface area contributed by atoms with E-state index in [0.29, 0.717) is 18.4 Å². The van der Waals surface area contributed by atoms with Crippen molar-refractivity contribution in [2.24, 2.45) is 0 Å². The van der Waals surface area contributed by atoms with Crippen molar-refractivity contribution >= 4 is 16.7 Å². The number of hydrogen-bond acceptors (Lipinski definition) is 4. The lowest BCUT2D eigenvalue weighted by Crippen LogP contribution is -2.44. The molecule has 1 saturated carbocycles. The molecule has 6 heteroatoms. The highest BCUT2D eigenvalue weighted by Crippen LogP contribution is 2.48. The Morgan fingerprint density at radius 1 is 1.21 bits per heavy atom. The summed E-state index contributed by atoms with van der Waals surface area (Å²) in [5.74, 6) is 0.793. The van der Waals surface area contributed by atoms with Gasteiger partial charge in [0.1, 0.15) is 5.75 Å². The van der Waals surface area contributed by atoms with Crippen molar-refractivity contribution < 1.29 is 9.53 Å². The average molecular weight is 391 g/mol. The van der Waals surface area contributed by atoms with Crippen LogP contribution in [0.4, 0.5) is 0 Å². The lowest BCUT2D eigenvalue weighted by molar-refractivity contribution is -0.124. The summed E-state index contributed by atoms with van der Waals surface area (Å²) in [5, 5.41) is 8.91. The summed E-state index contributed by atoms with van der Waals surface area (Å²) in [7, 11) is 1.63. The van der Waals surface area contributed by atoms with Crippen molar-refractivity contribution in [3.8, 4) is 5.75 Å². The van der Waals surface area contributed by atoms with E-state index < -0.39 is 5.41 Å². The first-order valence-electron chi connectivity index (χ1n) is 9.98. The molecule has 6 nitrogen and oxygen atoms in total. The molecule has 1 amide bonds. The van der Waals surface area contributed by atoms with Gasteiger partial charge in [0.15, 0.2) is 0 Å². The van der Waals surface area contributed by atoms with Gasteiger partial charge in [0.25, 0.3) is 5.56 Å². The Labute approximate surface area is 169 Å². The van der Waals surface area contributed by atoms with E-state index in [-0.39, 0.29) is 17.5 Å². The van der Waals surface area contributed by atoms with Crippen LogP contribution in [0, 0.1) is 0 Å². The summed E-state index contributed by atoms with van der Waals surface area (Å²) in [6.45, 7) is 2.36. The molecule has 0 aliphatic heterocycles. The lowest BCUT2D eigenvalue weighted by Gasteiger charge is -2.22. The van der Waals surface area contributed by atoms with Crippen molar-refractivity contribution in [3.63, 3.8) is 0 Å². The highest BCUT2D eigenvalue weighted by atomic mass is 16.5. The van der Waals surface area contributed by atoms with E-state index in [9.17, 15) is 9.59 Å². The Morgan fingerprint density at radius 3 is 2.59 bits per heavy atom. The van der Waals surface area contributed by atoms with Gasteiger partial charge in [-0.05, 0) is 43.0 Å². The second kappa shape index (κ2) is 7.70. The first-order valence-corrected chi connectivity index (χ1v) is 9.98. The Balaban J connectivity index is 1.51. The van der Waals surface area contributed by atoms with Gasteiger partial charge in [0.2, 0.25) is 5.91 Å². The van der Waals surface area contributed by atoms with Gasteiger partial charge in [-0.25, -0.2) is 4.68 Å². The first kappa shape index (κ1) is 19.2. The number of fused-ring (bicyclic) bond motifs is 1. The minimum atomic E-state index is -0.471. The molecule has 0 bridgehead atoms. The number of aromatic nitrogens is 2. The maximum absolute atomic E-state index is 13.1. The number of benzene rings is 2. The van der Waals surface area contributed by atoms with E-state index >= 15 is 0 Å². The molecule has 1 aliphatic rings. The Kier molecular flexibility index (Phi) is 5.09. The van der Waals surface area contributed by atoms with E-state index in [4.69, 9.17) is 4.74 Å². The summed E-state index contributed by atoms with van der Waals surface area (Å²) in [6.07, 6.45) is 4.07. The normalized spacial score (nSPS) is 15.7. The van der Waals surface area contributed by atoms with Gasteiger partial charge in [0, 0.05) is 11.4 Å². The standard InChI is InChI=1S/C23H25N3O3/c1-3-18(15-26-21(27)20-7-5-4-6-16(20)14-24-26)25-22(28)23(12-13-23)17-8-10-19(29-2)11-9-17/h4-11,14,18H,3,12-13,15H2,1-2H3,(H,25,28)/t18-/m1/s1. The quantitative estimate of drug-likeness (QED) is 0.672. The van der Waals surface area contributed by atoms with Crippen LogP contribution >= 0.6 is 0 Å². The fourth-order valence-corrected chi connectivity index (χ4v) is 3.75. The van der Waals surface area contributed by atoms with Crippen LogP contribution in [0.25, 0.3) is 10.8 Å². The van der Waals surface area contributed by atoms with Crippen LogP contribution in [0.5, 0.6) is 5.75 Å². The third kappa shape index (κ3) is 3.62. The van der Waals surface area contributed by atoms with Crippen molar-refractivity contribution in [1.82, 2.24) is 15.1 Å². The minimum Gasteiger partial charge on any atom is -0.497 e. The van der Waals surface area contributed by atoms with Crippen molar-refractivity contribution in [2.45, 2.75) is 44.2 Å². The monoisotopic (exact) mass is 391 g/mol. The molecule has 4 rings (SSSR count). The van der Waals surface area contributed by atoms with Crippen LogP contribution in [-0.4, -0.2) is 28.8 Å². The maximum Gasteiger partial charge on any atom is 0.274 e. The van der Waals surface area contributed by atoms with E-state index in [1.54, 1.807) is 19.4 Å². The summed E-state index contributed by atoms with van der Waals surface area (Å²) < 4.78 is 6.66. The highest BCUT2D eigenvalue weighted by Gasteiger charge is 2.51.